The third kappa shape index (κ3) is 4.50. The quantitative estimate of drug-likeness (QED) is 0.789. The van der Waals surface area contributed by atoms with Crippen molar-refractivity contribution in [2.45, 2.75) is 44.6 Å². The SMILES string of the molecule is CCCS(=O)(=O)Nc1ccc(-c2nc(C3(N)CCCC3)no2)cc1.Cl. The van der Waals surface area contributed by atoms with Crippen LogP contribution in [0.1, 0.15) is 44.9 Å². The van der Waals surface area contributed by atoms with Gasteiger partial charge in [-0.05, 0) is 43.5 Å². The highest BCUT2D eigenvalue weighted by atomic mass is 35.5. The maximum Gasteiger partial charge on any atom is 0.257 e. The van der Waals surface area contributed by atoms with Crippen molar-refractivity contribution < 1.29 is 12.9 Å². The summed E-state index contributed by atoms with van der Waals surface area (Å²) in [6.45, 7) is 1.82. The molecule has 1 aliphatic rings. The molecule has 1 aliphatic carbocycles. The molecule has 9 heteroatoms. The van der Waals surface area contributed by atoms with E-state index in [1.807, 2.05) is 6.92 Å². The van der Waals surface area contributed by atoms with E-state index in [0.29, 0.717) is 23.8 Å². The molecular formula is C16H23ClN4O3S. The average molecular weight is 387 g/mol. The van der Waals surface area contributed by atoms with Crippen LogP contribution in [-0.2, 0) is 15.6 Å². The summed E-state index contributed by atoms with van der Waals surface area (Å²) < 4.78 is 31.4. The second-order valence-corrected chi connectivity index (χ2v) is 8.13. The maximum absolute atomic E-state index is 11.8. The lowest BCUT2D eigenvalue weighted by atomic mass is 9.99. The fourth-order valence-electron chi connectivity index (χ4n) is 2.95. The normalized spacial score (nSPS) is 16.4. The fraction of sp³-hybridized carbons (Fsp3) is 0.500. The molecule has 0 spiro atoms. The first-order valence-electron chi connectivity index (χ1n) is 8.16. The van der Waals surface area contributed by atoms with Gasteiger partial charge in [0, 0.05) is 11.3 Å². The van der Waals surface area contributed by atoms with Crippen molar-refractivity contribution in [1.29, 1.82) is 0 Å². The van der Waals surface area contributed by atoms with Crippen molar-refractivity contribution in [1.82, 2.24) is 10.1 Å². The highest BCUT2D eigenvalue weighted by Gasteiger charge is 2.36. The van der Waals surface area contributed by atoms with Gasteiger partial charge < -0.3 is 10.3 Å². The van der Waals surface area contributed by atoms with Gasteiger partial charge in [0.05, 0.1) is 11.3 Å². The molecule has 3 N–H and O–H groups in total. The number of hydrogen-bond acceptors (Lipinski definition) is 6. The van der Waals surface area contributed by atoms with Gasteiger partial charge in [-0.1, -0.05) is 24.9 Å². The lowest BCUT2D eigenvalue weighted by molar-refractivity contribution is 0.372. The predicted octanol–water partition coefficient (Wildman–Crippen LogP) is 3.04. The smallest absolute Gasteiger partial charge is 0.257 e. The van der Waals surface area contributed by atoms with Crippen molar-refractivity contribution in [3.05, 3.63) is 30.1 Å². The molecule has 1 aromatic heterocycles. The van der Waals surface area contributed by atoms with Crippen molar-refractivity contribution in [3.63, 3.8) is 0 Å². The van der Waals surface area contributed by atoms with Crippen LogP contribution in [0.4, 0.5) is 5.69 Å². The number of benzene rings is 1. The Labute approximate surface area is 153 Å². The van der Waals surface area contributed by atoms with Gasteiger partial charge in [-0.2, -0.15) is 4.98 Å². The van der Waals surface area contributed by atoms with Crippen molar-refractivity contribution in [2.75, 3.05) is 10.5 Å². The summed E-state index contributed by atoms with van der Waals surface area (Å²) >= 11 is 0. The zero-order chi connectivity index (χ0) is 17.2. The second kappa shape index (κ2) is 7.72. The van der Waals surface area contributed by atoms with E-state index in [4.69, 9.17) is 10.3 Å². The Hall–Kier alpha value is -1.64. The summed E-state index contributed by atoms with van der Waals surface area (Å²) in [5.41, 5.74) is 7.09. The minimum absolute atomic E-state index is 0. The number of hydrogen-bond donors (Lipinski definition) is 2. The van der Waals surface area contributed by atoms with Crippen LogP contribution in [0.15, 0.2) is 28.8 Å². The van der Waals surface area contributed by atoms with E-state index in [1.165, 1.54) is 0 Å². The van der Waals surface area contributed by atoms with Gasteiger partial charge in [-0.15, -0.1) is 12.4 Å². The summed E-state index contributed by atoms with van der Waals surface area (Å²) in [7, 11) is -3.30. The van der Waals surface area contributed by atoms with E-state index < -0.39 is 15.6 Å². The fourth-order valence-corrected chi connectivity index (χ4v) is 4.09. The molecule has 0 radical (unpaired) electrons. The Morgan fingerprint density at radius 1 is 1.24 bits per heavy atom. The first-order chi connectivity index (χ1) is 11.4. The predicted molar refractivity (Wildman–Crippen MR) is 99.0 cm³/mol. The van der Waals surface area contributed by atoms with E-state index in [0.717, 1.165) is 31.2 Å². The summed E-state index contributed by atoms with van der Waals surface area (Å²) in [6.07, 6.45) is 4.45. The highest BCUT2D eigenvalue weighted by Crippen LogP contribution is 2.35. The minimum Gasteiger partial charge on any atom is -0.334 e. The highest BCUT2D eigenvalue weighted by molar-refractivity contribution is 7.92. The van der Waals surface area contributed by atoms with Crippen molar-refractivity contribution in [3.8, 4) is 11.5 Å². The molecule has 2 aromatic rings. The van der Waals surface area contributed by atoms with Gasteiger partial charge in [-0.3, -0.25) is 4.72 Å². The molecule has 0 bridgehead atoms. The van der Waals surface area contributed by atoms with E-state index in [-0.39, 0.29) is 18.2 Å². The van der Waals surface area contributed by atoms with Crippen molar-refractivity contribution in [2.24, 2.45) is 5.73 Å². The average Bonchev–Trinajstić information content (AvgIpc) is 3.17. The molecule has 3 rings (SSSR count). The summed E-state index contributed by atoms with van der Waals surface area (Å²) in [4.78, 5) is 4.43. The number of halogens is 1. The Kier molecular flexibility index (Phi) is 6.08. The van der Waals surface area contributed by atoms with Gasteiger partial charge >= 0.3 is 0 Å². The van der Waals surface area contributed by atoms with Crippen LogP contribution in [-0.4, -0.2) is 24.3 Å². The third-order valence-electron chi connectivity index (χ3n) is 4.25. The molecule has 138 valence electrons. The minimum atomic E-state index is -3.30. The van der Waals surface area contributed by atoms with Gasteiger partial charge in [-0.25, -0.2) is 8.42 Å². The topological polar surface area (TPSA) is 111 Å². The number of rotatable bonds is 6. The molecule has 0 aliphatic heterocycles. The standard InChI is InChI=1S/C16H22N4O3S.ClH/c1-2-11-24(21,22)20-13-7-5-12(6-8-13)14-18-15(19-23-14)16(17)9-3-4-10-16;/h5-8,20H,2-4,9-11,17H2,1H3;1H. The molecule has 0 atom stereocenters. The van der Waals surface area contributed by atoms with Crippen LogP contribution in [0, 0.1) is 0 Å². The molecule has 25 heavy (non-hydrogen) atoms. The first kappa shape index (κ1) is 19.7. The molecule has 0 amide bonds. The number of nitrogens with one attached hydrogen (secondary N) is 1. The number of nitrogens with zero attached hydrogens (tertiary/aromatic N) is 2. The van der Waals surface area contributed by atoms with Gasteiger partial charge in [0.15, 0.2) is 5.82 Å². The van der Waals surface area contributed by atoms with Gasteiger partial charge in [0.2, 0.25) is 10.0 Å². The van der Waals surface area contributed by atoms with Crippen LogP contribution in [0.2, 0.25) is 0 Å². The van der Waals surface area contributed by atoms with E-state index >= 15 is 0 Å². The molecular weight excluding hydrogens is 364 g/mol. The maximum atomic E-state index is 11.8. The molecule has 7 nitrogen and oxygen atoms in total. The van der Waals surface area contributed by atoms with Gasteiger partial charge in [0.25, 0.3) is 5.89 Å². The molecule has 0 unspecified atom stereocenters. The monoisotopic (exact) mass is 386 g/mol. The number of sulfonamides is 1. The van der Waals surface area contributed by atoms with Crippen LogP contribution in [0.5, 0.6) is 0 Å². The summed E-state index contributed by atoms with van der Waals surface area (Å²) in [6, 6.07) is 6.86. The molecule has 1 fully saturated rings. The third-order valence-corrected chi connectivity index (χ3v) is 5.74. The Morgan fingerprint density at radius 3 is 2.48 bits per heavy atom. The first-order valence-corrected chi connectivity index (χ1v) is 9.81. The lowest BCUT2D eigenvalue weighted by Crippen LogP contribution is -2.34. The summed E-state index contributed by atoms with van der Waals surface area (Å²) in [5.74, 6) is 1.03. The Bertz CT molecular complexity index is 799. The van der Waals surface area contributed by atoms with Gasteiger partial charge in [0.1, 0.15) is 0 Å². The Balaban J connectivity index is 0.00000225. The van der Waals surface area contributed by atoms with Crippen LogP contribution in [0.25, 0.3) is 11.5 Å². The largest absolute Gasteiger partial charge is 0.334 e. The number of anilines is 1. The number of nitrogens with two attached hydrogens (primary N) is 1. The molecule has 0 saturated heterocycles. The lowest BCUT2D eigenvalue weighted by Gasteiger charge is -2.17. The Morgan fingerprint density at radius 2 is 1.88 bits per heavy atom. The van der Waals surface area contributed by atoms with E-state index in [2.05, 4.69) is 14.9 Å². The molecule has 1 aromatic carbocycles. The van der Waals surface area contributed by atoms with E-state index in [9.17, 15) is 8.42 Å². The summed E-state index contributed by atoms with van der Waals surface area (Å²) in [5, 5.41) is 4.03. The van der Waals surface area contributed by atoms with Crippen LogP contribution < -0.4 is 10.5 Å². The second-order valence-electron chi connectivity index (χ2n) is 6.28. The zero-order valence-corrected chi connectivity index (χ0v) is 15.7. The molecule has 1 heterocycles. The zero-order valence-electron chi connectivity index (χ0n) is 14.1. The van der Waals surface area contributed by atoms with Crippen molar-refractivity contribution >= 4 is 28.1 Å². The number of aromatic nitrogens is 2. The van der Waals surface area contributed by atoms with Crippen LogP contribution in [0.3, 0.4) is 0 Å². The van der Waals surface area contributed by atoms with Crippen LogP contribution >= 0.6 is 12.4 Å². The molecule has 1 saturated carbocycles. The van der Waals surface area contributed by atoms with E-state index in [1.54, 1.807) is 24.3 Å².